The fourth-order valence-electron chi connectivity index (χ4n) is 3.45. The minimum atomic E-state index is -3.24. The van der Waals surface area contributed by atoms with E-state index in [1.807, 2.05) is 30.3 Å². The molecule has 23 heavy (non-hydrogen) atoms. The summed E-state index contributed by atoms with van der Waals surface area (Å²) in [6.45, 7) is 3.46. The number of nitrogens with one attached hydrogen (secondary N) is 1. The van der Waals surface area contributed by atoms with Crippen LogP contribution in [0.1, 0.15) is 19.3 Å². The van der Waals surface area contributed by atoms with Crippen molar-refractivity contribution in [3.63, 3.8) is 0 Å². The van der Waals surface area contributed by atoms with E-state index < -0.39 is 10.0 Å². The smallest absolute Gasteiger partial charge is 0.217 e. The lowest BCUT2D eigenvalue weighted by Gasteiger charge is -2.39. The average Bonchev–Trinajstić information content (AvgIpc) is 2.96. The van der Waals surface area contributed by atoms with Crippen LogP contribution in [-0.4, -0.2) is 51.3 Å². The van der Waals surface area contributed by atoms with E-state index in [4.69, 9.17) is 4.74 Å². The maximum Gasteiger partial charge on any atom is 0.217 e. The Hall–Kier alpha value is -0.820. The van der Waals surface area contributed by atoms with E-state index in [1.165, 1.54) is 0 Å². The summed E-state index contributed by atoms with van der Waals surface area (Å²) in [5.74, 6) is 0.763. The van der Waals surface area contributed by atoms with Gasteiger partial charge in [0.05, 0.1) is 5.75 Å². The van der Waals surface area contributed by atoms with Crippen LogP contribution < -0.4 is 10.1 Å². The molecule has 1 aromatic rings. The highest BCUT2D eigenvalue weighted by Gasteiger charge is 2.41. The number of para-hydroxylation sites is 1. The SMILES string of the molecule is Cl.O=S(=O)(CCOc1ccccc1)N1CCCC2(CCNC2)C1. The number of ether oxygens (including phenoxy) is 1. The summed E-state index contributed by atoms with van der Waals surface area (Å²) in [4.78, 5) is 0. The molecule has 2 heterocycles. The van der Waals surface area contributed by atoms with Crippen LogP contribution in [0.4, 0.5) is 0 Å². The van der Waals surface area contributed by atoms with Crippen molar-refractivity contribution in [1.82, 2.24) is 9.62 Å². The Balaban J connectivity index is 0.00000192. The molecule has 0 aromatic heterocycles. The topological polar surface area (TPSA) is 58.6 Å². The Labute approximate surface area is 144 Å². The largest absolute Gasteiger partial charge is 0.492 e. The van der Waals surface area contributed by atoms with Gasteiger partial charge in [-0.1, -0.05) is 18.2 Å². The molecule has 2 saturated heterocycles. The Morgan fingerprint density at radius 2 is 2.00 bits per heavy atom. The number of hydrogen-bond acceptors (Lipinski definition) is 4. The maximum atomic E-state index is 12.5. The van der Waals surface area contributed by atoms with Crippen molar-refractivity contribution < 1.29 is 13.2 Å². The first-order chi connectivity index (χ1) is 10.6. The Kier molecular flexibility index (Phi) is 6.31. The molecular formula is C16H25ClN2O3S. The van der Waals surface area contributed by atoms with Crippen LogP contribution in [0, 0.1) is 5.41 Å². The summed E-state index contributed by atoms with van der Waals surface area (Å²) < 4.78 is 32.3. The van der Waals surface area contributed by atoms with Crippen molar-refractivity contribution in [2.45, 2.75) is 19.3 Å². The third kappa shape index (κ3) is 4.59. The van der Waals surface area contributed by atoms with Crippen molar-refractivity contribution in [2.75, 3.05) is 38.5 Å². The number of rotatable bonds is 5. The van der Waals surface area contributed by atoms with E-state index in [0.717, 1.165) is 32.4 Å². The number of sulfonamides is 1. The summed E-state index contributed by atoms with van der Waals surface area (Å²) in [5, 5.41) is 3.37. The van der Waals surface area contributed by atoms with Gasteiger partial charge < -0.3 is 10.1 Å². The van der Waals surface area contributed by atoms with Crippen LogP contribution in [0.5, 0.6) is 5.75 Å². The molecule has 2 fully saturated rings. The zero-order valence-electron chi connectivity index (χ0n) is 13.2. The van der Waals surface area contributed by atoms with Gasteiger partial charge in [0.2, 0.25) is 10.0 Å². The number of halogens is 1. The Bertz CT molecular complexity index is 589. The van der Waals surface area contributed by atoms with Gasteiger partial charge in [0.1, 0.15) is 12.4 Å². The van der Waals surface area contributed by atoms with E-state index in [0.29, 0.717) is 18.8 Å². The first-order valence-corrected chi connectivity index (χ1v) is 9.57. The summed E-state index contributed by atoms with van der Waals surface area (Å²) in [6, 6.07) is 9.35. The van der Waals surface area contributed by atoms with Crippen molar-refractivity contribution >= 4 is 22.4 Å². The molecule has 0 radical (unpaired) electrons. The van der Waals surface area contributed by atoms with Crippen LogP contribution in [0.25, 0.3) is 0 Å². The summed E-state index contributed by atoms with van der Waals surface area (Å²) in [6.07, 6.45) is 3.17. The lowest BCUT2D eigenvalue weighted by molar-refractivity contribution is 0.166. The third-order valence-corrected chi connectivity index (χ3v) is 6.49. The summed E-state index contributed by atoms with van der Waals surface area (Å²) in [5.41, 5.74) is 0.158. The van der Waals surface area contributed by atoms with Gasteiger partial charge in [-0.25, -0.2) is 12.7 Å². The molecule has 1 aromatic carbocycles. The molecule has 2 aliphatic rings. The van der Waals surface area contributed by atoms with Crippen LogP contribution in [0.15, 0.2) is 30.3 Å². The monoisotopic (exact) mass is 360 g/mol. The first kappa shape index (κ1) is 18.5. The van der Waals surface area contributed by atoms with Crippen molar-refractivity contribution in [2.24, 2.45) is 5.41 Å². The van der Waals surface area contributed by atoms with Gasteiger partial charge in [0.25, 0.3) is 0 Å². The molecule has 2 aliphatic heterocycles. The van der Waals surface area contributed by atoms with Gasteiger partial charge in [0.15, 0.2) is 0 Å². The predicted molar refractivity (Wildman–Crippen MR) is 93.7 cm³/mol. The number of nitrogens with zero attached hydrogens (tertiary/aromatic N) is 1. The van der Waals surface area contributed by atoms with E-state index in [1.54, 1.807) is 4.31 Å². The van der Waals surface area contributed by atoms with E-state index in [2.05, 4.69) is 5.32 Å². The molecule has 0 saturated carbocycles. The highest BCUT2D eigenvalue weighted by Crippen LogP contribution is 2.36. The van der Waals surface area contributed by atoms with Gasteiger partial charge in [-0.05, 0) is 43.4 Å². The standard InChI is InChI=1S/C16H24N2O3S.ClH/c19-22(20,12-11-21-15-5-2-1-3-6-15)18-10-4-7-16(14-18)8-9-17-13-16;/h1-3,5-6,17H,4,7-14H2;1H. The fraction of sp³-hybridized carbons (Fsp3) is 0.625. The second kappa shape index (κ2) is 7.83. The Morgan fingerprint density at radius 1 is 1.22 bits per heavy atom. The molecule has 1 spiro atoms. The molecular weight excluding hydrogens is 336 g/mol. The van der Waals surface area contributed by atoms with Crippen molar-refractivity contribution in [3.05, 3.63) is 30.3 Å². The molecule has 1 atom stereocenters. The lowest BCUT2D eigenvalue weighted by Crippen LogP contribution is -2.48. The highest BCUT2D eigenvalue weighted by molar-refractivity contribution is 7.89. The summed E-state index contributed by atoms with van der Waals surface area (Å²) in [7, 11) is -3.24. The molecule has 1 N–H and O–H groups in total. The van der Waals surface area contributed by atoms with Crippen LogP contribution in [0.2, 0.25) is 0 Å². The highest BCUT2D eigenvalue weighted by atomic mass is 35.5. The molecule has 0 bridgehead atoms. The molecule has 7 heteroatoms. The Morgan fingerprint density at radius 3 is 2.70 bits per heavy atom. The zero-order chi connectivity index (χ0) is 15.5. The maximum absolute atomic E-state index is 12.5. The minimum absolute atomic E-state index is 0. The van der Waals surface area contributed by atoms with E-state index in [-0.39, 0.29) is 30.2 Å². The second-order valence-electron chi connectivity index (χ2n) is 6.34. The van der Waals surface area contributed by atoms with Crippen molar-refractivity contribution in [1.29, 1.82) is 0 Å². The molecule has 0 amide bonds. The van der Waals surface area contributed by atoms with Crippen LogP contribution in [-0.2, 0) is 10.0 Å². The molecule has 1 unspecified atom stereocenters. The second-order valence-corrected chi connectivity index (χ2v) is 8.43. The molecule has 3 rings (SSSR count). The van der Waals surface area contributed by atoms with Gasteiger partial charge in [-0.2, -0.15) is 0 Å². The molecule has 5 nitrogen and oxygen atoms in total. The van der Waals surface area contributed by atoms with Gasteiger partial charge in [-0.3, -0.25) is 0 Å². The fourth-order valence-corrected chi connectivity index (χ4v) is 4.88. The third-order valence-electron chi connectivity index (χ3n) is 4.71. The first-order valence-electron chi connectivity index (χ1n) is 7.96. The molecule has 0 aliphatic carbocycles. The van der Waals surface area contributed by atoms with Crippen LogP contribution in [0.3, 0.4) is 0 Å². The van der Waals surface area contributed by atoms with E-state index >= 15 is 0 Å². The quantitative estimate of drug-likeness (QED) is 0.871. The molecule has 130 valence electrons. The minimum Gasteiger partial charge on any atom is -0.492 e. The zero-order valence-corrected chi connectivity index (χ0v) is 14.9. The predicted octanol–water partition coefficient (Wildman–Crippen LogP) is 1.89. The number of benzene rings is 1. The number of hydrogen-bond donors (Lipinski definition) is 1. The van der Waals surface area contributed by atoms with Gasteiger partial charge >= 0.3 is 0 Å². The average molecular weight is 361 g/mol. The number of piperidine rings is 1. The van der Waals surface area contributed by atoms with Crippen LogP contribution >= 0.6 is 12.4 Å². The lowest BCUT2D eigenvalue weighted by atomic mass is 9.80. The summed E-state index contributed by atoms with van der Waals surface area (Å²) >= 11 is 0. The van der Waals surface area contributed by atoms with Crippen molar-refractivity contribution in [3.8, 4) is 5.75 Å². The normalized spacial score (nSPS) is 25.2. The van der Waals surface area contributed by atoms with Gasteiger partial charge in [0, 0.05) is 19.6 Å². The van der Waals surface area contributed by atoms with E-state index in [9.17, 15) is 8.42 Å². The van der Waals surface area contributed by atoms with Gasteiger partial charge in [-0.15, -0.1) is 12.4 Å².